The van der Waals surface area contributed by atoms with Gasteiger partial charge in [-0.15, -0.1) is 5.10 Å². The first-order valence-corrected chi connectivity index (χ1v) is 12.3. The molecular weight excluding hydrogens is 462 g/mol. The van der Waals surface area contributed by atoms with Crippen LogP contribution < -0.4 is 0 Å². The molecule has 0 bridgehead atoms. The van der Waals surface area contributed by atoms with Crippen LogP contribution in [0.3, 0.4) is 0 Å². The van der Waals surface area contributed by atoms with Crippen molar-refractivity contribution in [1.82, 2.24) is 44.7 Å². The van der Waals surface area contributed by atoms with Crippen LogP contribution in [0.25, 0.3) is 39.4 Å². The summed E-state index contributed by atoms with van der Waals surface area (Å²) in [4.78, 5) is 14.0. The Morgan fingerprint density at radius 2 is 1.76 bits per heavy atom. The molecule has 6 rings (SSSR count). The van der Waals surface area contributed by atoms with Gasteiger partial charge in [-0.2, -0.15) is 0 Å². The molecule has 4 aromatic heterocycles. The molecule has 0 radical (unpaired) electrons. The number of nitrogens with zero attached hydrogens (tertiary/aromatic N) is 8. The van der Waals surface area contributed by atoms with E-state index in [1.165, 1.54) is 5.56 Å². The number of tetrazole rings is 1. The summed E-state index contributed by atoms with van der Waals surface area (Å²) < 4.78 is 4.30. The minimum absolute atomic E-state index is 0.627. The molecule has 2 aromatic carbocycles. The van der Waals surface area contributed by atoms with Gasteiger partial charge in [-0.05, 0) is 77.7 Å². The zero-order chi connectivity index (χ0) is 25.5. The molecular formula is C28H27N9. The summed E-state index contributed by atoms with van der Waals surface area (Å²) in [5, 5.41) is 14.6. The van der Waals surface area contributed by atoms with Crippen molar-refractivity contribution in [1.29, 1.82) is 0 Å². The minimum Gasteiger partial charge on any atom is -0.308 e. The van der Waals surface area contributed by atoms with E-state index in [1.807, 2.05) is 32.4 Å². The average molecular weight is 490 g/mol. The first kappa shape index (κ1) is 22.8. The fourth-order valence-corrected chi connectivity index (χ4v) is 4.89. The number of hydrogen-bond donors (Lipinski definition) is 1. The van der Waals surface area contributed by atoms with Crippen molar-refractivity contribution in [3.63, 3.8) is 0 Å². The maximum atomic E-state index is 4.89. The summed E-state index contributed by atoms with van der Waals surface area (Å²) in [6, 6.07) is 17.0. The second-order valence-corrected chi connectivity index (χ2v) is 9.30. The molecule has 0 aliphatic carbocycles. The number of benzene rings is 2. The molecule has 0 fully saturated rings. The van der Waals surface area contributed by atoms with Crippen LogP contribution in [-0.2, 0) is 13.0 Å². The predicted octanol–water partition coefficient (Wildman–Crippen LogP) is 5.00. The number of hydrogen-bond acceptors (Lipinski definition) is 6. The van der Waals surface area contributed by atoms with E-state index in [0.717, 1.165) is 62.7 Å². The number of aromatic amines is 1. The van der Waals surface area contributed by atoms with Crippen LogP contribution in [0.1, 0.15) is 35.3 Å². The normalized spacial score (nSPS) is 11.5. The van der Waals surface area contributed by atoms with Gasteiger partial charge in [0.2, 0.25) is 0 Å². The van der Waals surface area contributed by atoms with Crippen molar-refractivity contribution in [2.75, 3.05) is 0 Å². The molecule has 37 heavy (non-hydrogen) atoms. The van der Waals surface area contributed by atoms with Gasteiger partial charge in [0.1, 0.15) is 11.3 Å². The SMILES string of the molecule is CCc1nc2c(C)cc(C)nc2n1Cc1ccc(-c2cc(-n3cncc3C)ccc2-c2nnn[nH]2)cc1. The zero-order valence-corrected chi connectivity index (χ0v) is 21.3. The Morgan fingerprint density at radius 1 is 0.919 bits per heavy atom. The van der Waals surface area contributed by atoms with Crippen molar-refractivity contribution in [3.8, 4) is 28.2 Å². The number of imidazole rings is 2. The molecule has 0 saturated carbocycles. The van der Waals surface area contributed by atoms with Crippen molar-refractivity contribution in [2.24, 2.45) is 0 Å². The molecule has 9 nitrogen and oxygen atoms in total. The van der Waals surface area contributed by atoms with Gasteiger partial charge in [-0.3, -0.25) is 0 Å². The number of rotatable bonds is 6. The highest BCUT2D eigenvalue weighted by molar-refractivity contribution is 5.82. The van der Waals surface area contributed by atoms with Crippen LogP contribution in [0.15, 0.2) is 61.1 Å². The van der Waals surface area contributed by atoms with Crippen molar-refractivity contribution < 1.29 is 0 Å². The van der Waals surface area contributed by atoms with E-state index in [9.17, 15) is 0 Å². The molecule has 4 heterocycles. The van der Waals surface area contributed by atoms with Crippen LogP contribution in [0, 0.1) is 20.8 Å². The van der Waals surface area contributed by atoms with Crippen molar-refractivity contribution in [3.05, 3.63) is 89.4 Å². The molecule has 0 spiro atoms. The summed E-state index contributed by atoms with van der Waals surface area (Å²) >= 11 is 0. The van der Waals surface area contributed by atoms with Crippen LogP contribution in [0.4, 0.5) is 0 Å². The van der Waals surface area contributed by atoms with Gasteiger partial charge in [-0.1, -0.05) is 31.2 Å². The van der Waals surface area contributed by atoms with Gasteiger partial charge in [0.15, 0.2) is 11.5 Å². The second-order valence-electron chi connectivity index (χ2n) is 9.30. The predicted molar refractivity (Wildman–Crippen MR) is 142 cm³/mol. The largest absolute Gasteiger partial charge is 0.308 e. The minimum atomic E-state index is 0.627. The monoisotopic (exact) mass is 489 g/mol. The molecule has 0 amide bonds. The van der Waals surface area contributed by atoms with E-state index in [2.05, 4.69) is 91.1 Å². The Labute approximate surface area is 214 Å². The first-order chi connectivity index (χ1) is 18.0. The molecule has 0 aliphatic heterocycles. The number of aromatic nitrogens is 9. The van der Waals surface area contributed by atoms with Gasteiger partial charge in [0.05, 0.1) is 12.9 Å². The molecule has 0 aliphatic rings. The third kappa shape index (κ3) is 4.08. The van der Waals surface area contributed by atoms with E-state index in [4.69, 9.17) is 9.97 Å². The van der Waals surface area contributed by atoms with Crippen LogP contribution >= 0.6 is 0 Å². The number of aryl methyl sites for hydroxylation is 4. The van der Waals surface area contributed by atoms with Gasteiger partial charge >= 0.3 is 0 Å². The molecule has 9 heteroatoms. The summed E-state index contributed by atoms with van der Waals surface area (Å²) in [5.74, 6) is 1.67. The highest BCUT2D eigenvalue weighted by Gasteiger charge is 2.16. The van der Waals surface area contributed by atoms with Crippen LogP contribution in [0.2, 0.25) is 0 Å². The Morgan fingerprint density at radius 3 is 2.46 bits per heavy atom. The highest BCUT2D eigenvalue weighted by atomic mass is 15.5. The quantitative estimate of drug-likeness (QED) is 0.353. The third-order valence-electron chi connectivity index (χ3n) is 6.73. The standard InChI is InChI=1S/C28H27N9/c1-5-25-31-26-17(2)12-18(3)30-28(26)36(25)15-20-6-8-21(9-7-20)24-13-22(37-16-29-14-19(37)4)10-11-23(24)27-32-34-35-33-27/h6-14,16H,5,15H2,1-4H3,(H,32,33,34,35). The number of H-pyrrole nitrogens is 1. The van der Waals surface area contributed by atoms with Gasteiger partial charge in [0.25, 0.3) is 0 Å². The smallest absolute Gasteiger partial charge is 0.180 e. The maximum absolute atomic E-state index is 4.89. The second kappa shape index (κ2) is 9.09. The molecule has 0 unspecified atom stereocenters. The molecule has 6 aromatic rings. The highest BCUT2D eigenvalue weighted by Crippen LogP contribution is 2.33. The maximum Gasteiger partial charge on any atom is 0.180 e. The Balaban J connectivity index is 1.40. The third-order valence-corrected chi connectivity index (χ3v) is 6.73. The number of pyridine rings is 1. The molecule has 0 saturated heterocycles. The molecule has 0 atom stereocenters. The Bertz CT molecular complexity index is 1710. The lowest BCUT2D eigenvalue weighted by atomic mass is 9.97. The van der Waals surface area contributed by atoms with E-state index in [0.29, 0.717) is 12.4 Å². The summed E-state index contributed by atoms with van der Waals surface area (Å²) in [6.45, 7) is 9.02. The van der Waals surface area contributed by atoms with E-state index in [-0.39, 0.29) is 0 Å². The number of nitrogens with one attached hydrogen (secondary N) is 1. The molecule has 184 valence electrons. The average Bonchev–Trinajstić information content (AvgIpc) is 3.65. The van der Waals surface area contributed by atoms with Gasteiger partial charge in [0, 0.05) is 35.3 Å². The Kier molecular flexibility index (Phi) is 5.60. The summed E-state index contributed by atoms with van der Waals surface area (Å²) in [7, 11) is 0. The fourth-order valence-electron chi connectivity index (χ4n) is 4.89. The topological polar surface area (TPSA) is 103 Å². The first-order valence-electron chi connectivity index (χ1n) is 12.3. The van der Waals surface area contributed by atoms with Gasteiger partial charge in [-0.25, -0.2) is 20.1 Å². The lowest BCUT2D eigenvalue weighted by molar-refractivity contribution is 0.745. The van der Waals surface area contributed by atoms with Crippen molar-refractivity contribution in [2.45, 2.75) is 40.7 Å². The van der Waals surface area contributed by atoms with Crippen LogP contribution in [-0.4, -0.2) is 44.7 Å². The molecule has 1 N–H and O–H groups in total. The fraction of sp³-hybridized carbons (Fsp3) is 0.214. The lowest BCUT2D eigenvalue weighted by Gasteiger charge is -2.13. The zero-order valence-electron chi connectivity index (χ0n) is 21.3. The van der Waals surface area contributed by atoms with Crippen LogP contribution in [0.5, 0.6) is 0 Å². The van der Waals surface area contributed by atoms with E-state index >= 15 is 0 Å². The van der Waals surface area contributed by atoms with Crippen molar-refractivity contribution >= 4 is 11.2 Å². The number of fused-ring (bicyclic) bond motifs is 1. The lowest BCUT2D eigenvalue weighted by Crippen LogP contribution is -2.05. The Hall–Kier alpha value is -4.66. The summed E-state index contributed by atoms with van der Waals surface area (Å²) in [5.41, 5.74) is 10.4. The summed E-state index contributed by atoms with van der Waals surface area (Å²) in [6.07, 6.45) is 4.53. The van der Waals surface area contributed by atoms with Gasteiger partial charge < -0.3 is 9.13 Å². The van der Waals surface area contributed by atoms with E-state index in [1.54, 1.807) is 0 Å². The van der Waals surface area contributed by atoms with E-state index < -0.39 is 0 Å².